The van der Waals surface area contributed by atoms with E-state index in [1.807, 2.05) is 0 Å². The summed E-state index contributed by atoms with van der Waals surface area (Å²) in [6.45, 7) is 4.85. The Hall–Kier alpha value is -1.36. The monoisotopic (exact) mass is 312 g/mol. The maximum absolute atomic E-state index is 11.5. The van der Waals surface area contributed by atoms with Gasteiger partial charge in [-0.25, -0.2) is 4.79 Å². The van der Waals surface area contributed by atoms with Crippen LogP contribution in [0.25, 0.3) is 0 Å². The third kappa shape index (κ3) is 4.30. The minimum absolute atomic E-state index is 0.0507. The highest BCUT2D eigenvalue weighted by Crippen LogP contribution is 2.33. The first-order valence-corrected chi connectivity index (χ1v) is 7.69. The van der Waals surface area contributed by atoms with Crippen LogP contribution in [0.5, 0.6) is 11.5 Å². The minimum atomic E-state index is -0.397. The van der Waals surface area contributed by atoms with Crippen molar-refractivity contribution >= 4 is 18.6 Å². The molecule has 0 N–H and O–H groups in total. The maximum Gasteiger partial charge on any atom is 0.337 e. The summed E-state index contributed by atoms with van der Waals surface area (Å²) in [5.74, 6) is 1.52. The summed E-state index contributed by atoms with van der Waals surface area (Å²) in [5, 5.41) is 0. The van der Waals surface area contributed by atoms with Crippen molar-refractivity contribution in [2.45, 2.75) is 26.7 Å². The summed E-state index contributed by atoms with van der Waals surface area (Å²) in [5.41, 5.74) is 0.489. The average Bonchev–Trinajstić information content (AvgIpc) is 2.55. The molecule has 4 nitrogen and oxygen atoms in total. The summed E-state index contributed by atoms with van der Waals surface area (Å²) in [6.07, 6.45) is 1.99. The standard InChI is InChI=1S/C16H24O4S/c1-5-16(6-2,11-21)10-20-13-8-7-12(15(17)19-4)9-14(13)18-3/h7-9,21H,5-6,10-11H2,1-4H3. The van der Waals surface area contributed by atoms with E-state index in [0.29, 0.717) is 23.7 Å². The average molecular weight is 312 g/mol. The van der Waals surface area contributed by atoms with Crippen LogP contribution in [-0.2, 0) is 4.74 Å². The molecule has 0 radical (unpaired) electrons. The molecule has 0 aromatic heterocycles. The van der Waals surface area contributed by atoms with Crippen LogP contribution in [0.4, 0.5) is 0 Å². The fraction of sp³-hybridized carbons (Fsp3) is 0.562. The van der Waals surface area contributed by atoms with Crippen molar-refractivity contribution in [2.75, 3.05) is 26.6 Å². The van der Waals surface area contributed by atoms with Gasteiger partial charge >= 0.3 is 5.97 Å². The Balaban J connectivity index is 2.91. The summed E-state index contributed by atoms with van der Waals surface area (Å²) >= 11 is 4.44. The summed E-state index contributed by atoms with van der Waals surface area (Å²) in [4.78, 5) is 11.5. The first-order valence-electron chi connectivity index (χ1n) is 7.05. The predicted molar refractivity (Wildman–Crippen MR) is 86.7 cm³/mol. The Morgan fingerprint density at radius 2 is 1.86 bits per heavy atom. The molecule has 0 unspecified atom stereocenters. The van der Waals surface area contributed by atoms with Gasteiger partial charge in [-0.15, -0.1) is 0 Å². The number of ether oxygens (including phenoxy) is 3. The molecule has 0 bridgehead atoms. The van der Waals surface area contributed by atoms with Crippen LogP contribution in [0, 0.1) is 5.41 Å². The van der Waals surface area contributed by atoms with Gasteiger partial charge in [-0.1, -0.05) is 13.8 Å². The van der Waals surface area contributed by atoms with Gasteiger partial charge in [-0.3, -0.25) is 0 Å². The van der Waals surface area contributed by atoms with Crippen LogP contribution >= 0.6 is 12.6 Å². The molecule has 0 aliphatic rings. The van der Waals surface area contributed by atoms with Gasteiger partial charge < -0.3 is 14.2 Å². The molecule has 1 rings (SSSR count). The largest absolute Gasteiger partial charge is 0.493 e. The molecule has 0 fully saturated rings. The van der Waals surface area contributed by atoms with E-state index < -0.39 is 5.97 Å². The van der Waals surface area contributed by atoms with Crippen LogP contribution in [0.1, 0.15) is 37.0 Å². The summed E-state index contributed by atoms with van der Waals surface area (Å²) in [6, 6.07) is 5.03. The number of hydrogen-bond acceptors (Lipinski definition) is 5. The molecule has 0 amide bonds. The van der Waals surface area contributed by atoms with Crippen LogP contribution < -0.4 is 9.47 Å². The molecule has 1 aromatic rings. The van der Waals surface area contributed by atoms with Crippen molar-refractivity contribution in [1.82, 2.24) is 0 Å². The van der Waals surface area contributed by atoms with E-state index in [9.17, 15) is 4.79 Å². The van der Waals surface area contributed by atoms with Crippen LogP contribution in [0.15, 0.2) is 18.2 Å². The molecule has 0 saturated heterocycles. The molecule has 0 saturated carbocycles. The van der Waals surface area contributed by atoms with Crippen molar-refractivity contribution in [3.8, 4) is 11.5 Å². The van der Waals surface area contributed by atoms with Crippen molar-refractivity contribution in [1.29, 1.82) is 0 Å². The van der Waals surface area contributed by atoms with E-state index >= 15 is 0 Å². The first kappa shape index (κ1) is 17.7. The number of hydrogen-bond donors (Lipinski definition) is 1. The number of rotatable bonds is 8. The molecule has 0 aliphatic heterocycles. The smallest absolute Gasteiger partial charge is 0.337 e. The lowest BCUT2D eigenvalue weighted by atomic mass is 9.85. The van der Waals surface area contributed by atoms with Gasteiger partial charge in [-0.2, -0.15) is 12.6 Å². The van der Waals surface area contributed by atoms with Gasteiger partial charge in [0.2, 0.25) is 0 Å². The Labute approximate surface area is 132 Å². The second-order valence-electron chi connectivity index (χ2n) is 5.01. The van der Waals surface area contributed by atoms with E-state index in [2.05, 4.69) is 26.5 Å². The highest BCUT2D eigenvalue weighted by atomic mass is 32.1. The van der Waals surface area contributed by atoms with Gasteiger partial charge in [-0.05, 0) is 36.8 Å². The second-order valence-corrected chi connectivity index (χ2v) is 5.33. The maximum atomic E-state index is 11.5. The number of carbonyl (C=O) groups is 1. The predicted octanol–water partition coefficient (Wildman–Crippen LogP) is 3.60. The first-order chi connectivity index (χ1) is 10.1. The lowest BCUT2D eigenvalue weighted by Gasteiger charge is -2.29. The van der Waals surface area contributed by atoms with Crippen LogP contribution in [0.2, 0.25) is 0 Å². The number of carbonyl (C=O) groups excluding carboxylic acids is 1. The second kappa shape index (κ2) is 8.17. The number of esters is 1. The van der Waals surface area contributed by atoms with Crippen molar-refractivity contribution in [2.24, 2.45) is 5.41 Å². The normalized spacial score (nSPS) is 11.1. The Morgan fingerprint density at radius 3 is 2.33 bits per heavy atom. The van der Waals surface area contributed by atoms with E-state index in [1.165, 1.54) is 7.11 Å². The molecule has 0 atom stereocenters. The quantitative estimate of drug-likeness (QED) is 0.588. The van der Waals surface area contributed by atoms with Gasteiger partial charge in [0.1, 0.15) is 0 Å². The highest BCUT2D eigenvalue weighted by Gasteiger charge is 2.26. The Bertz CT molecular complexity index is 461. The summed E-state index contributed by atoms with van der Waals surface area (Å²) in [7, 11) is 2.90. The SMILES string of the molecule is CCC(CC)(CS)COc1ccc(C(=O)OC)cc1OC. The molecule has 1 aromatic carbocycles. The third-order valence-electron chi connectivity index (χ3n) is 3.95. The minimum Gasteiger partial charge on any atom is -0.493 e. The molecule has 118 valence electrons. The van der Waals surface area contributed by atoms with Gasteiger partial charge in [0, 0.05) is 5.41 Å². The summed E-state index contributed by atoms with van der Waals surface area (Å²) < 4.78 is 15.9. The fourth-order valence-electron chi connectivity index (χ4n) is 1.99. The third-order valence-corrected chi connectivity index (χ3v) is 4.62. The Morgan fingerprint density at radius 1 is 1.19 bits per heavy atom. The molecule has 0 aliphatic carbocycles. The van der Waals surface area contributed by atoms with E-state index in [1.54, 1.807) is 25.3 Å². The molecular weight excluding hydrogens is 288 g/mol. The molecule has 5 heteroatoms. The molecule has 0 heterocycles. The number of benzene rings is 1. The topological polar surface area (TPSA) is 44.8 Å². The van der Waals surface area contributed by atoms with Crippen LogP contribution in [0.3, 0.4) is 0 Å². The van der Waals surface area contributed by atoms with Crippen molar-refractivity contribution < 1.29 is 19.0 Å². The fourth-order valence-corrected chi connectivity index (χ4v) is 2.52. The lowest BCUT2D eigenvalue weighted by Crippen LogP contribution is -2.29. The van der Waals surface area contributed by atoms with E-state index in [-0.39, 0.29) is 5.41 Å². The van der Waals surface area contributed by atoms with Crippen LogP contribution in [-0.4, -0.2) is 32.5 Å². The molecule has 21 heavy (non-hydrogen) atoms. The zero-order valence-electron chi connectivity index (χ0n) is 13.1. The van der Waals surface area contributed by atoms with Gasteiger partial charge in [0.05, 0.1) is 26.4 Å². The number of thiol groups is 1. The molecular formula is C16H24O4S. The zero-order valence-corrected chi connectivity index (χ0v) is 14.0. The zero-order chi connectivity index (χ0) is 15.9. The van der Waals surface area contributed by atoms with Crippen molar-refractivity contribution in [3.05, 3.63) is 23.8 Å². The van der Waals surface area contributed by atoms with Gasteiger partial charge in [0.25, 0.3) is 0 Å². The number of methoxy groups -OCH3 is 2. The van der Waals surface area contributed by atoms with Gasteiger partial charge in [0.15, 0.2) is 11.5 Å². The van der Waals surface area contributed by atoms with Crippen molar-refractivity contribution in [3.63, 3.8) is 0 Å². The molecule has 0 spiro atoms. The highest BCUT2D eigenvalue weighted by molar-refractivity contribution is 7.80. The Kier molecular flexibility index (Phi) is 6.89. The van der Waals surface area contributed by atoms with E-state index in [4.69, 9.17) is 14.2 Å². The lowest BCUT2D eigenvalue weighted by molar-refractivity contribution is 0.0600. The van der Waals surface area contributed by atoms with E-state index in [0.717, 1.165) is 18.6 Å².